The molecular weight excluding hydrogens is 370 g/mol. The van der Waals surface area contributed by atoms with Crippen molar-refractivity contribution in [1.29, 1.82) is 0 Å². The van der Waals surface area contributed by atoms with Gasteiger partial charge in [0.25, 0.3) is 0 Å². The first kappa shape index (κ1) is 20.8. The maximum absolute atomic E-state index is 12.4. The lowest BCUT2D eigenvalue weighted by Gasteiger charge is -2.19. The van der Waals surface area contributed by atoms with E-state index in [2.05, 4.69) is 12.2 Å². The van der Waals surface area contributed by atoms with E-state index in [1.54, 1.807) is 6.07 Å². The summed E-state index contributed by atoms with van der Waals surface area (Å²) in [6.07, 6.45) is 3.08. The van der Waals surface area contributed by atoms with E-state index in [0.717, 1.165) is 29.9 Å². The van der Waals surface area contributed by atoms with E-state index >= 15 is 0 Å². The van der Waals surface area contributed by atoms with Gasteiger partial charge in [0.15, 0.2) is 23.0 Å². The fourth-order valence-corrected chi connectivity index (χ4v) is 3.02. The van der Waals surface area contributed by atoms with Gasteiger partial charge in [-0.1, -0.05) is 19.4 Å². The predicted octanol–water partition coefficient (Wildman–Crippen LogP) is 4.61. The van der Waals surface area contributed by atoms with E-state index < -0.39 is 0 Å². The Kier molecular flexibility index (Phi) is 7.61. The van der Waals surface area contributed by atoms with Crippen molar-refractivity contribution in [3.63, 3.8) is 0 Å². The lowest BCUT2D eigenvalue weighted by Crippen LogP contribution is -2.16. The average molecular weight is 399 g/mol. The van der Waals surface area contributed by atoms with Crippen LogP contribution in [0.4, 0.5) is 5.69 Å². The van der Waals surface area contributed by atoms with Crippen molar-refractivity contribution in [2.24, 2.45) is 0 Å². The number of rotatable bonds is 10. The molecule has 1 heterocycles. The van der Waals surface area contributed by atoms with Gasteiger partial charge in [-0.2, -0.15) is 0 Å². The molecule has 1 aliphatic heterocycles. The largest absolute Gasteiger partial charge is 0.490 e. The summed E-state index contributed by atoms with van der Waals surface area (Å²) in [5, 5.41) is 2.92. The van der Waals surface area contributed by atoms with Gasteiger partial charge in [-0.15, -0.1) is 0 Å². The smallest absolute Gasteiger partial charge is 0.224 e. The van der Waals surface area contributed by atoms with Gasteiger partial charge in [-0.25, -0.2) is 0 Å². The molecule has 0 atom stereocenters. The number of anilines is 1. The number of ether oxygens (including phenoxy) is 4. The van der Waals surface area contributed by atoms with Crippen LogP contribution in [0.2, 0.25) is 0 Å². The molecule has 0 bridgehead atoms. The van der Waals surface area contributed by atoms with Crippen LogP contribution in [-0.4, -0.2) is 32.3 Å². The van der Waals surface area contributed by atoms with Crippen molar-refractivity contribution < 1.29 is 23.7 Å². The highest BCUT2D eigenvalue weighted by atomic mass is 16.6. The van der Waals surface area contributed by atoms with Gasteiger partial charge in [-0.3, -0.25) is 4.79 Å². The second kappa shape index (κ2) is 10.6. The molecule has 1 N–H and O–H groups in total. The zero-order chi connectivity index (χ0) is 20.5. The molecule has 2 aromatic carbocycles. The van der Waals surface area contributed by atoms with Crippen molar-refractivity contribution in [2.75, 3.05) is 31.7 Å². The van der Waals surface area contributed by atoms with Gasteiger partial charge >= 0.3 is 0 Å². The SMILES string of the molecule is CCCCOc1ccc(CCC(=O)Nc2ccc3c(c2)OCCO3)cc1OCC. The van der Waals surface area contributed by atoms with Crippen LogP contribution in [0, 0.1) is 0 Å². The molecule has 2 aromatic rings. The van der Waals surface area contributed by atoms with Gasteiger partial charge in [0, 0.05) is 18.2 Å². The molecule has 3 rings (SSSR count). The Morgan fingerprint density at radius 1 is 1.00 bits per heavy atom. The highest BCUT2D eigenvalue weighted by Gasteiger charge is 2.13. The van der Waals surface area contributed by atoms with Crippen LogP contribution in [0.25, 0.3) is 0 Å². The maximum Gasteiger partial charge on any atom is 0.224 e. The molecule has 0 aromatic heterocycles. The third kappa shape index (κ3) is 6.04. The van der Waals surface area contributed by atoms with Crippen LogP contribution < -0.4 is 24.3 Å². The van der Waals surface area contributed by atoms with Gasteiger partial charge in [-0.05, 0) is 49.6 Å². The van der Waals surface area contributed by atoms with Gasteiger partial charge in [0.1, 0.15) is 13.2 Å². The molecule has 0 radical (unpaired) electrons. The summed E-state index contributed by atoms with van der Waals surface area (Å²) in [4.78, 5) is 12.4. The van der Waals surface area contributed by atoms with Gasteiger partial charge < -0.3 is 24.3 Å². The highest BCUT2D eigenvalue weighted by molar-refractivity contribution is 5.91. The highest BCUT2D eigenvalue weighted by Crippen LogP contribution is 2.33. The summed E-state index contributed by atoms with van der Waals surface area (Å²) >= 11 is 0. The first-order valence-electron chi connectivity index (χ1n) is 10.3. The van der Waals surface area contributed by atoms with Crippen molar-refractivity contribution in [3.05, 3.63) is 42.0 Å². The molecule has 1 aliphatic rings. The second-order valence-corrected chi connectivity index (χ2v) is 6.82. The molecule has 0 fully saturated rings. The van der Waals surface area contributed by atoms with E-state index in [1.165, 1.54) is 0 Å². The van der Waals surface area contributed by atoms with E-state index in [9.17, 15) is 4.79 Å². The Bertz CT molecular complexity index is 821. The summed E-state index contributed by atoms with van der Waals surface area (Å²) in [6.45, 7) is 6.39. The Balaban J connectivity index is 1.55. The summed E-state index contributed by atoms with van der Waals surface area (Å²) in [6, 6.07) is 11.3. The van der Waals surface area contributed by atoms with Crippen molar-refractivity contribution in [1.82, 2.24) is 0 Å². The molecule has 6 heteroatoms. The lowest BCUT2D eigenvalue weighted by atomic mass is 10.1. The number of hydrogen-bond donors (Lipinski definition) is 1. The minimum absolute atomic E-state index is 0.0529. The van der Waals surface area contributed by atoms with Crippen LogP contribution >= 0.6 is 0 Å². The normalized spacial score (nSPS) is 12.3. The number of unbranched alkanes of at least 4 members (excludes halogenated alkanes) is 1. The second-order valence-electron chi connectivity index (χ2n) is 6.82. The number of nitrogens with one attached hydrogen (secondary N) is 1. The van der Waals surface area contributed by atoms with Gasteiger partial charge in [0.05, 0.1) is 13.2 Å². The zero-order valence-corrected chi connectivity index (χ0v) is 17.2. The standard InChI is InChI=1S/C23H29NO5/c1-3-5-12-27-19-9-6-17(15-21(19)26-4-2)7-11-23(25)24-18-8-10-20-22(16-18)29-14-13-28-20/h6,8-10,15-16H,3-5,7,11-14H2,1-2H3,(H,24,25). The van der Waals surface area contributed by atoms with Crippen LogP contribution in [0.5, 0.6) is 23.0 Å². The predicted molar refractivity (Wildman–Crippen MR) is 112 cm³/mol. The number of benzene rings is 2. The monoisotopic (exact) mass is 399 g/mol. The summed E-state index contributed by atoms with van der Waals surface area (Å²) < 4.78 is 22.6. The molecular formula is C23H29NO5. The number of aryl methyl sites for hydroxylation is 1. The molecule has 0 saturated heterocycles. The molecule has 29 heavy (non-hydrogen) atoms. The Morgan fingerprint density at radius 2 is 1.83 bits per heavy atom. The van der Waals surface area contributed by atoms with Gasteiger partial charge in [0.2, 0.25) is 5.91 Å². The van der Waals surface area contributed by atoms with Crippen LogP contribution in [0.3, 0.4) is 0 Å². The number of amides is 1. The molecule has 0 aliphatic carbocycles. The van der Waals surface area contributed by atoms with E-state index in [1.807, 2.05) is 37.3 Å². The molecule has 156 valence electrons. The molecule has 0 unspecified atom stereocenters. The average Bonchev–Trinajstić information content (AvgIpc) is 2.74. The van der Waals surface area contributed by atoms with Crippen molar-refractivity contribution in [3.8, 4) is 23.0 Å². The number of carbonyl (C=O) groups excluding carboxylic acids is 1. The topological polar surface area (TPSA) is 66.0 Å². The third-order valence-electron chi connectivity index (χ3n) is 4.53. The molecule has 0 saturated carbocycles. The first-order chi connectivity index (χ1) is 14.2. The van der Waals surface area contributed by atoms with Crippen molar-refractivity contribution in [2.45, 2.75) is 39.5 Å². The lowest BCUT2D eigenvalue weighted by molar-refractivity contribution is -0.116. The summed E-state index contributed by atoms with van der Waals surface area (Å²) in [7, 11) is 0. The molecule has 6 nitrogen and oxygen atoms in total. The van der Waals surface area contributed by atoms with Crippen LogP contribution in [-0.2, 0) is 11.2 Å². The fraction of sp³-hybridized carbons (Fsp3) is 0.435. The summed E-state index contributed by atoms with van der Waals surface area (Å²) in [5.41, 5.74) is 1.74. The zero-order valence-electron chi connectivity index (χ0n) is 17.2. The third-order valence-corrected chi connectivity index (χ3v) is 4.53. The Morgan fingerprint density at radius 3 is 2.62 bits per heavy atom. The van der Waals surface area contributed by atoms with E-state index in [4.69, 9.17) is 18.9 Å². The van der Waals surface area contributed by atoms with E-state index in [-0.39, 0.29) is 5.91 Å². The number of carbonyl (C=O) groups is 1. The maximum atomic E-state index is 12.4. The van der Waals surface area contributed by atoms with Crippen LogP contribution in [0.1, 0.15) is 38.7 Å². The Hall–Kier alpha value is -2.89. The fourth-order valence-electron chi connectivity index (χ4n) is 3.02. The molecule has 0 spiro atoms. The van der Waals surface area contributed by atoms with Crippen LogP contribution in [0.15, 0.2) is 36.4 Å². The molecule has 1 amide bonds. The van der Waals surface area contributed by atoms with E-state index in [0.29, 0.717) is 56.5 Å². The number of fused-ring (bicyclic) bond motifs is 1. The Labute approximate surface area is 172 Å². The van der Waals surface area contributed by atoms with Crippen molar-refractivity contribution >= 4 is 11.6 Å². The first-order valence-corrected chi connectivity index (χ1v) is 10.3. The minimum Gasteiger partial charge on any atom is -0.490 e. The summed E-state index contributed by atoms with van der Waals surface area (Å²) in [5.74, 6) is 2.80. The number of hydrogen-bond acceptors (Lipinski definition) is 5. The minimum atomic E-state index is -0.0529. The quantitative estimate of drug-likeness (QED) is 0.591.